The van der Waals surface area contributed by atoms with Gasteiger partial charge in [-0.2, -0.15) is 0 Å². The number of nitrogens with zero attached hydrogens (tertiary/aromatic N) is 2. The number of likely N-dealkylation sites (tertiary alicyclic amines) is 1. The fourth-order valence-electron chi connectivity index (χ4n) is 3.88. The Morgan fingerprint density at radius 2 is 1.86 bits per heavy atom. The van der Waals surface area contributed by atoms with Crippen molar-refractivity contribution in [3.63, 3.8) is 0 Å². The van der Waals surface area contributed by atoms with Crippen molar-refractivity contribution in [3.05, 3.63) is 75.9 Å². The predicted octanol–water partition coefficient (Wildman–Crippen LogP) is 4.68. The molecule has 0 spiro atoms. The van der Waals surface area contributed by atoms with Gasteiger partial charge in [-0.05, 0) is 73.4 Å². The second kappa shape index (κ2) is 11.3. The normalized spacial score (nSPS) is 13.8. The zero-order valence-electron chi connectivity index (χ0n) is 19.1. The number of nitrogens with one attached hydrogen (secondary N) is 2. The van der Waals surface area contributed by atoms with Gasteiger partial charge in [0.2, 0.25) is 5.91 Å². The molecule has 1 aliphatic rings. The third kappa shape index (κ3) is 6.58. The highest BCUT2D eigenvalue weighted by Crippen LogP contribution is 2.28. The summed E-state index contributed by atoms with van der Waals surface area (Å²) < 4.78 is 5.75. The summed E-state index contributed by atoms with van der Waals surface area (Å²) in [5.41, 5.74) is 2.75. The summed E-state index contributed by atoms with van der Waals surface area (Å²) in [7, 11) is 0. The molecule has 3 heterocycles. The van der Waals surface area contributed by atoms with Crippen LogP contribution in [0.25, 0.3) is 0 Å². The Balaban J connectivity index is 1.46. The molecule has 1 aliphatic heterocycles. The monoisotopic (exact) mass is 512 g/mol. The summed E-state index contributed by atoms with van der Waals surface area (Å²) in [6.07, 6.45) is 4.75. The fraction of sp³-hybridized carbons (Fsp3) is 0.280. The van der Waals surface area contributed by atoms with Crippen molar-refractivity contribution >= 4 is 46.5 Å². The number of hydrogen-bond donors (Lipinski definition) is 2. The number of ether oxygens (including phenoxy) is 1. The first-order valence-electron chi connectivity index (χ1n) is 11.2. The summed E-state index contributed by atoms with van der Waals surface area (Å²) in [6, 6.07) is 11.0. The van der Waals surface area contributed by atoms with E-state index >= 15 is 0 Å². The first kappa shape index (κ1) is 24.7. The SMILES string of the molecule is Cc1cc(NC(=O)[C@@H](Cc2ccncc2)NC(=O)Oc2ccc(Cl)s2)ccc1C(=O)N1CCCC1. The molecule has 4 rings (SSSR count). The molecule has 0 radical (unpaired) electrons. The highest BCUT2D eigenvalue weighted by Gasteiger charge is 2.24. The smallest absolute Gasteiger partial charge is 0.399 e. The molecule has 0 unspecified atom stereocenters. The van der Waals surface area contributed by atoms with Crippen LogP contribution in [0.1, 0.15) is 34.3 Å². The predicted molar refractivity (Wildman–Crippen MR) is 135 cm³/mol. The molecule has 1 fully saturated rings. The van der Waals surface area contributed by atoms with Crippen molar-refractivity contribution in [2.45, 2.75) is 32.2 Å². The lowest BCUT2D eigenvalue weighted by atomic mass is 10.0. The number of benzene rings is 1. The van der Waals surface area contributed by atoms with Gasteiger partial charge in [0, 0.05) is 43.2 Å². The lowest BCUT2D eigenvalue weighted by Crippen LogP contribution is -2.46. The molecule has 0 saturated carbocycles. The Bertz CT molecular complexity index is 1210. The lowest BCUT2D eigenvalue weighted by Gasteiger charge is -2.19. The number of pyridine rings is 1. The molecule has 182 valence electrons. The van der Waals surface area contributed by atoms with E-state index in [-0.39, 0.29) is 12.3 Å². The van der Waals surface area contributed by atoms with E-state index in [0.717, 1.165) is 48.4 Å². The third-order valence-electron chi connectivity index (χ3n) is 5.66. The molecule has 8 nitrogen and oxygen atoms in total. The van der Waals surface area contributed by atoms with Gasteiger partial charge in [-0.25, -0.2) is 4.79 Å². The van der Waals surface area contributed by atoms with E-state index in [9.17, 15) is 14.4 Å². The molecule has 1 atom stereocenters. The molecule has 2 aromatic heterocycles. The van der Waals surface area contributed by atoms with Gasteiger partial charge in [-0.1, -0.05) is 22.9 Å². The summed E-state index contributed by atoms with van der Waals surface area (Å²) in [5, 5.41) is 5.80. The Kier molecular flexibility index (Phi) is 7.99. The largest absolute Gasteiger partial charge is 0.414 e. The van der Waals surface area contributed by atoms with E-state index in [2.05, 4.69) is 15.6 Å². The summed E-state index contributed by atoms with van der Waals surface area (Å²) in [5.74, 6) is -0.410. The van der Waals surface area contributed by atoms with Crippen molar-refractivity contribution in [1.82, 2.24) is 15.2 Å². The van der Waals surface area contributed by atoms with Crippen LogP contribution in [0.3, 0.4) is 0 Å². The van der Waals surface area contributed by atoms with Crippen molar-refractivity contribution in [2.24, 2.45) is 0 Å². The van der Waals surface area contributed by atoms with Crippen molar-refractivity contribution in [3.8, 4) is 5.06 Å². The second-order valence-electron chi connectivity index (χ2n) is 8.22. The molecule has 1 saturated heterocycles. The molecule has 2 N–H and O–H groups in total. The number of carbonyl (C=O) groups is 3. The van der Waals surface area contributed by atoms with Crippen LogP contribution in [0.5, 0.6) is 5.06 Å². The van der Waals surface area contributed by atoms with Crippen LogP contribution in [-0.4, -0.2) is 46.9 Å². The molecule has 3 amide bonds. The maximum atomic E-state index is 13.2. The van der Waals surface area contributed by atoms with Crippen LogP contribution in [0.2, 0.25) is 4.34 Å². The number of rotatable bonds is 7. The molecule has 3 aromatic rings. The average molecular weight is 513 g/mol. The van der Waals surface area contributed by atoms with Gasteiger partial charge in [-0.15, -0.1) is 0 Å². The number of aryl methyl sites for hydroxylation is 1. The van der Waals surface area contributed by atoms with Crippen LogP contribution in [0.4, 0.5) is 10.5 Å². The van der Waals surface area contributed by atoms with Gasteiger partial charge in [0.1, 0.15) is 6.04 Å². The van der Waals surface area contributed by atoms with Gasteiger partial charge >= 0.3 is 6.09 Å². The topological polar surface area (TPSA) is 101 Å². The maximum absolute atomic E-state index is 13.2. The molecule has 1 aromatic carbocycles. The Labute approximate surface area is 212 Å². The minimum absolute atomic E-state index is 0.00605. The Morgan fingerprint density at radius 3 is 2.51 bits per heavy atom. The van der Waals surface area contributed by atoms with Gasteiger partial charge in [-0.3, -0.25) is 14.6 Å². The molecule has 10 heteroatoms. The maximum Gasteiger partial charge on any atom is 0.414 e. The van der Waals surface area contributed by atoms with E-state index in [4.69, 9.17) is 16.3 Å². The summed E-state index contributed by atoms with van der Waals surface area (Å²) >= 11 is 7.01. The van der Waals surface area contributed by atoms with Gasteiger partial charge in [0.25, 0.3) is 5.91 Å². The van der Waals surface area contributed by atoms with Crippen LogP contribution >= 0.6 is 22.9 Å². The summed E-state index contributed by atoms with van der Waals surface area (Å²) in [6.45, 7) is 3.38. The number of halogens is 1. The van der Waals surface area contributed by atoms with E-state index < -0.39 is 18.0 Å². The Morgan fingerprint density at radius 1 is 1.11 bits per heavy atom. The van der Waals surface area contributed by atoms with Gasteiger partial charge in [0.05, 0.1) is 4.34 Å². The second-order valence-corrected chi connectivity index (χ2v) is 9.90. The Hall–Kier alpha value is -3.43. The molecule has 35 heavy (non-hydrogen) atoms. The number of aromatic nitrogens is 1. The van der Waals surface area contributed by atoms with Gasteiger partial charge < -0.3 is 20.3 Å². The van der Waals surface area contributed by atoms with E-state index in [1.165, 1.54) is 0 Å². The van der Waals surface area contributed by atoms with Crippen molar-refractivity contribution in [1.29, 1.82) is 0 Å². The minimum Gasteiger partial charge on any atom is -0.399 e. The highest BCUT2D eigenvalue weighted by molar-refractivity contribution is 7.17. The minimum atomic E-state index is -0.911. The highest BCUT2D eigenvalue weighted by atomic mass is 35.5. The molecular weight excluding hydrogens is 488 g/mol. The van der Waals surface area contributed by atoms with E-state index in [0.29, 0.717) is 20.7 Å². The summed E-state index contributed by atoms with van der Waals surface area (Å²) in [4.78, 5) is 44.2. The number of thiophene rings is 1. The van der Waals surface area contributed by atoms with E-state index in [1.807, 2.05) is 11.8 Å². The van der Waals surface area contributed by atoms with Crippen LogP contribution in [0, 0.1) is 6.92 Å². The van der Waals surface area contributed by atoms with E-state index in [1.54, 1.807) is 54.9 Å². The average Bonchev–Trinajstić information content (AvgIpc) is 3.51. The lowest BCUT2D eigenvalue weighted by molar-refractivity contribution is -0.118. The van der Waals surface area contributed by atoms with Crippen LogP contribution < -0.4 is 15.4 Å². The van der Waals surface area contributed by atoms with Crippen molar-refractivity contribution < 1.29 is 19.1 Å². The molecule has 0 bridgehead atoms. The van der Waals surface area contributed by atoms with Crippen molar-refractivity contribution in [2.75, 3.05) is 18.4 Å². The fourth-order valence-corrected chi connectivity index (χ4v) is 4.75. The number of carbonyl (C=O) groups excluding carboxylic acids is 3. The molecular formula is C25H25ClN4O4S. The van der Waals surface area contributed by atoms with Gasteiger partial charge in [0.15, 0.2) is 5.06 Å². The first-order chi connectivity index (χ1) is 16.9. The number of hydrogen-bond acceptors (Lipinski definition) is 6. The molecule has 0 aliphatic carbocycles. The number of anilines is 1. The number of amides is 3. The van der Waals surface area contributed by atoms with Crippen LogP contribution in [0.15, 0.2) is 54.9 Å². The zero-order valence-corrected chi connectivity index (χ0v) is 20.7. The third-order valence-corrected chi connectivity index (χ3v) is 6.77. The quantitative estimate of drug-likeness (QED) is 0.478. The van der Waals surface area contributed by atoms with Crippen LogP contribution in [-0.2, 0) is 11.2 Å². The standard InChI is InChI=1S/C25H25ClN4O4S/c1-16-14-18(4-5-19(16)24(32)30-12-2-3-13-30)28-23(31)20(15-17-8-10-27-11-9-17)29-25(33)34-22-7-6-21(26)35-22/h4-11,14,20H,2-3,12-13,15H2,1H3,(H,28,31)(H,29,33)/t20-/m1/s1. The zero-order chi connectivity index (χ0) is 24.8. The first-order valence-corrected chi connectivity index (χ1v) is 12.4.